The number of benzene rings is 1. The summed E-state index contributed by atoms with van der Waals surface area (Å²) < 4.78 is 38.0. The summed E-state index contributed by atoms with van der Waals surface area (Å²) in [5.41, 5.74) is 1.46. The number of hydrogen-bond donors (Lipinski definition) is 0. The summed E-state index contributed by atoms with van der Waals surface area (Å²) in [7, 11) is 0. The average Bonchev–Trinajstić information content (AvgIpc) is 2.23. The van der Waals surface area contributed by atoms with E-state index < -0.39 is 11.7 Å². The van der Waals surface area contributed by atoms with Crippen molar-refractivity contribution >= 4 is 0 Å². The third-order valence-electron chi connectivity index (χ3n) is 3.06. The van der Waals surface area contributed by atoms with Crippen LogP contribution < -0.4 is 0 Å². The summed E-state index contributed by atoms with van der Waals surface area (Å²) >= 11 is 0. The van der Waals surface area contributed by atoms with Gasteiger partial charge in [-0.2, -0.15) is 13.2 Å². The van der Waals surface area contributed by atoms with E-state index in [9.17, 15) is 13.2 Å². The van der Waals surface area contributed by atoms with Crippen LogP contribution in [0.15, 0.2) is 18.2 Å². The number of alkyl halides is 3. The second kappa shape index (κ2) is 5.33. The molecule has 0 saturated carbocycles. The Hall–Kier alpha value is -0.990. The minimum atomic E-state index is -4.25. The van der Waals surface area contributed by atoms with E-state index >= 15 is 0 Å². The highest BCUT2D eigenvalue weighted by Crippen LogP contribution is 2.32. The molecule has 0 N–H and O–H groups in total. The van der Waals surface area contributed by atoms with Crippen LogP contribution in [0, 0.1) is 5.41 Å². The van der Waals surface area contributed by atoms with E-state index in [1.54, 1.807) is 6.07 Å². The SMILES string of the molecule is CCc1ccc(C(F)(F)F)cc1CCC(C)(C)C. The lowest BCUT2D eigenvalue weighted by atomic mass is 9.87. The fraction of sp³-hybridized carbons (Fsp3) is 0.600. The lowest BCUT2D eigenvalue weighted by Crippen LogP contribution is -2.10. The second-order valence-electron chi connectivity index (χ2n) is 5.90. The van der Waals surface area contributed by atoms with Gasteiger partial charge in [-0.15, -0.1) is 0 Å². The van der Waals surface area contributed by atoms with E-state index in [2.05, 4.69) is 20.8 Å². The van der Waals surface area contributed by atoms with E-state index in [0.717, 1.165) is 24.0 Å². The number of halogens is 3. The fourth-order valence-corrected chi connectivity index (χ4v) is 1.89. The maximum atomic E-state index is 12.7. The lowest BCUT2D eigenvalue weighted by Gasteiger charge is -2.19. The quantitative estimate of drug-likeness (QED) is 0.695. The Morgan fingerprint density at radius 3 is 2.06 bits per heavy atom. The Bertz CT molecular complexity index is 397. The topological polar surface area (TPSA) is 0 Å². The van der Waals surface area contributed by atoms with Crippen LogP contribution in [0.5, 0.6) is 0 Å². The third kappa shape index (κ3) is 4.35. The van der Waals surface area contributed by atoms with Crippen LogP contribution in [0.1, 0.15) is 50.8 Å². The monoisotopic (exact) mass is 258 g/mol. The molecule has 0 bridgehead atoms. The van der Waals surface area contributed by atoms with Gasteiger partial charge in [-0.25, -0.2) is 0 Å². The van der Waals surface area contributed by atoms with Gasteiger partial charge in [-0.3, -0.25) is 0 Å². The Kier molecular flexibility index (Phi) is 4.46. The molecular formula is C15H21F3. The number of rotatable bonds is 3. The molecule has 0 radical (unpaired) electrons. The maximum absolute atomic E-state index is 12.7. The van der Waals surface area contributed by atoms with Gasteiger partial charge >= 0.3 is 6.18 Å². The molecule has 0 fully saturated rings. The van der Waals surface area contributed by atoms with Crippen LogP contribution in [-0.4, -0.2) is 0 Å². The molecule has 0 atom stereocenters. The van der Waals surface area contributed by atoms with Gasteiger partial charge in [0, 0.05) is 0 Å². The molecule has 0 heterocycles. The van der Waals surface area contributed by atoms with Gasteiger partial charge in [0.1, 0.15) is 0 Å². The van der Waals surface area contributed by atoms with Crippen LogP contribution >= 0.6 is 0 Å². The molecule has 3 heteroatoms. The molecule has 0 nitrogen and oxygen atoms in total. The van der Waals surface area contributed by atoms with Gasteiger partial charge in [0.2, 0.25) is 0 Å². The summed E-state index contributed by atoms with van der Waals surface area (Å²) in [6.45, 7) is 8.29. The number of hydrogen-bond acceptors (Lipinski definition) is 0. The minimum Gasteiger partial charge on any atom is -0.166 e. The first-order chi connectivity index (χ1) is 8.13. The summed E-state index contributed by atoms with van der Waals surface area (Å²) in [6, 6.07) is 4.10. The van der Waals surface area contributed by atoms with Gasteiger partial charge in [-0.1, -0.05) is 33.8 Å². The first-order valence-electron chi connectivity index (χ1n) is 6.32. The highest BCUT2D eigenvalue weighted by molar-refractivity contribution is 5.33. The van der Waals surface area contributed by atoms with Crippen molar-refractivity contribution in [3.8, 4) is 0 Å². The normalized spacial score (nSPS) is 12.8. The maximum Gasteiger partial charge on any atom is 0.416 e. The Morgan fingerprint density at radius 2 is 1.61 bits per heavy atom. The van der Waals surface area contributed by atoms with Crippen molar-refractivity contribution in [2.75, 3.05) is 0 Å². The first-order valence-corrected chi connectivity index (χ1v) is 6.32. The molecule has 1 aromatic carbocycles. The number of aryl methyl sites for hydroxylation is 2. The van der Waals surface area contributed by atoms with Crippen molar-refractivity contribution < 1.29 is 13.2 Å². The van der Waals surface area contributed by atoms with E-state index in [1.807, 2.05) is 6.92 Å². The molecule has 0 saturated heterocycles. The zero-order chi connectivity index (χ0) is 14.0. The van der Waals surface area contributed by atoms with E-state index in [0.29, 0.717) is 6.42 Å². The first kappa shape index (κ1) is 15.1. The highest BCUT2D eigenvalue weighted by atomic mass is 19.4. The van der Waals surface area contributed by atoms with Crippen LogP contribution in [0.4, 0.5) is 13.2 Å². The summed E-state index contributed by atoms with van der Waals surface area (Å²) in [5, 5.41) is 0. The molecule has 0 aliphatic carbocycles. The predicted octanol–water partition coefficient (Wildman–Crippen LogP) is 5.25. The molecule has 0 amide bonds. The molecule has 0 aliphatic heterocycles. The average molecular weight is 258 g/mol. The Morgan fingerprint density at radius 1 is 1.00 bits per heavy atom. The van der Waals surface area contributed by atoms with E-state index in [1.165, 1.54) is 12.1 Å². The van der Waals surface area contributed by atoms with Crippen molar-refractivity contribution in [1.29, 1.82) is 0 Å². The molecule has 102 valence electrons. The van der Waals surface area contributed by atoms with Gasteiger partial charge in [-0.05, 0) is 47.9 Å². The van der Waals surface area contributed by atoms with Gasteiger partial charge < -0.3 is 0 Å². The fourth-order valence-electron chi connectivity index (χ4n) is 1.89. The molecule has 0 spiro atoms. The molecule has 0 aliphatic rings. The minimum absolute atomic E-state index is 0.138. The van der Waals surface area contributed by atoms with Crippen molar-refractivity contribution in [2.24, 2.45) is 5.41 Å². The molecular weight excluding hydrogens is 237 g/mol. The Balaban J connectivity index is 3.00. The van der Waals surface area contributed by atoms with E-state index in [-0.39, 0.29) is 5.41 Å². The molecule has 1 aromatic rings. The van der Waals surface area contributed by atoms with Crippen LogP contribution in [0.25, 0.3) is 0 Å². The largest absolute Gasteiger partial charge is 0.416 e. The zero-order valence-electron chi connectivity index (χ0n) is 11.5. The zero-order valence-corrected chi connectivity index (χ0v) is 11.5. The summed E-state index contributed by atoms with van der Waals surface area (Å²) in [6.07, 6.45) is -1.88. The second-order valence-corrected chi connectivity index (χ2v) is 5.90. The molecule has 0 aromatic heterocycles. The summed E-state index contributed by atoms with van der Waals surface area (Å²) in [5.74, 6) is 0. The molecule has 1 rings (SSSR count). The summed E-state index contributed by atoms with van der Waals surface area (Å²) in [4.78, 5) is 0. The standard InChI is InChI=1S/C15H21F3/c1-5-11-6-7-13(15(16,17)18)10-12(11)8-9-14(2,3)4/h6-7,10H,5,8-9H2,1-4H3. The predicted molar refractivity (Wildman–Crippen MR) is 68.6 cm³/mol. The smallest absolute Gasteiger partial charge is 0.166 e. The van der Waals surface area contributed by atoms with Crippen LogP contribution in [0.2, 0.25) is 0 Å². The lowest BCUT2D eigenvalue weighted by molar-refractivity contribution is -0.137. The van der Waals surface area contributed by atoms with Gasteiger partial charge in [0.05, 0.1) is 5.56 Å². The van der Waals surface area contributed by atoms with Crippen LogP contribution in [-0.2, 0) is 19.0 Å². The van der Waals surface area contributed by atoms with E-state index in [4.69, 9.17) is 0 Å². The Labute approximate surface area is 107 Å². The van der Waals surface area contributed by atoms with Crippen LogP contribution in [0.3, 0.4) is 0 Å². The van der Waals surface area contributed by atoms with Crippen molar-refractivity contribution in [3.63, 3.8) is 0 Å². The highest BCUT2D eigenvalue weighted by Gasteiger charge is 2.30. The van der Waals surface area contributed by atoms with Crippen molar-refractivity contribution in [1.82, 2.24) is 0 Å². The van der Waals surface area contributed by atoms with Crippen molar-refractivity contribution in [3.05, 3.63) is 34.9 Å². The third-order valence-corrected chi connectivity index (χ3v) is 3.06. The molecule has 18 heavy (non-hydrogen) atoms. The van der Waals surface area contributed by atoms with Crippen molar-refractivity contribution in [2.45, 2.75) is 53.1 Å². The van der Waals surface area contributed by atoms with Gasteiger partial charge in [0.25, 0.3) is 0 Å². The van der Waals surface area contributed by atoms with Gasteiger partial charge in [0.15, 0.2) is 0 Å². The molecule has 0 unspecified atom stereocenters.